The minimum Gasteiger partial charge on any atom is -0.493 e. The molecule has 0 bridgehead atoms. The maximum absolute atomic E-state index is 13.6. The minimum atomic E-state index is -1.13. The van der Waals surface area contributed by atoms with Crippen molar-refractivity contribution in [1.29, 1.82) is 0 Å². The van der Waals surface area contributed by atoms with Crippen molar-refractivity contribution < 1.29 is 33.8 Å². The van der Waals surface area contributed by atoms with Gasteiger partial charge < -0.3 is 20.1 Å². The van der Waals surface area contributed by atoms with E-state index in [9.17, 15) is 29.1 Å². The average Bonchev–Trinajstić information content (AvgIpc) is 3.92. The average molecular weight is 974 g/mol. The van der Waals surface area contributed by atoms with E-state index in [0.29, 0.717) is 77.7 Å². The molecular weight excluding hydrogens is 919 g/mol. The number of imide groups is 1. The highest BCUT2D eigenvalue weighted by atomic mass is 32.1. The van der Waals surface area contributed by atoms with Gasteiger partial charge in [-0.1, -0.05) is 47.7 Å². The van der Waals surface area contributed by atoms with Gasteiger partial charge in [-0.2, -0.15) is 5.10 Å². The third kappa shape index (κ3) is 9.97. The number of fused-ring (bicyclic) bond motifs is 3. The van der Waals surface area contributed by atoms with Crippen LogP contribution in [0, 0.1) is 12.8 Å². The number of rotatable bonds is 14. The maximum atomic E-state index is 13.6. The predicted molar refractivity (Wildman–Crippen MR) is 273 cm³/mol. The number of ether oxygens (including phenoxy) is 1. The lowest BCUT2D eigenvalue weighted by molar-refractivity contribution is -0.134. The second-order valence-electron chi connectivity index (χ2n) is 18.8. The number of benzene rings is 4. The summed E-state index contributed by atoms with van der Waals surface area (Å²) >= 11 is 1.43. The molecular formula is C54H55N9O7S. The summed E-state index contributed by atoms with van der Waals surface area (Å²) in [5, 5.41) is 24.9. The van der Waals surface area contributed by atoms with Crippen LogP contribution in [0.2, 0.25) is 0 Å². The van der Waals surface area contributed by atoms with Crippen molar-refractivity contribution in [3.05, 3.63) is 125 Å². The van der Waals surface area contributed by atoms with Crippen molar-refractivity contribution in [1.82, 2.24) is 30.0 Å². The normalized spacial score (nSPS) is 18.3. The summed E-state index contributed by atoms with van der Waals surface area (Å²) in [6.45, 7) is 6.72. The zero-order valence-corrected chi connectivity index (χ0v) is 40.7. The summed E-state index contributed by atoms with van der Waals surface area (Å²) in [6, 6.07) is 28.7. The van der Waals surface area contributed by atoms with Crippen molar-refractivity contribution in [2.75, 3.05) is 41.8 Å². The summed E-state index contributed by atoms with van der Waals surface area (Å²) in [7, 11) is 1.81. The molecule has 3 atom stereocenters. The van der Waals surface area contributed by atoms with Gasteiger partial charge in [-0.05, 0) is 142 Å². The Morgan fingerprint density at radius 1 is 0.915 bits per heavy atom. The van der Waals surface area contributed by atoms with Crippen LogP contribution in [0.3, 0.4) is 0 Å². The van der Waals surface area contributed by atoms with Crippen LogP contribution in [-0.4, -0.2) is 91.6 Å². The van der Waals surface area contributed by atoms with E-state index in [1.54, 1.807) is 11.7 Å². The SMILES string of the molecule is Cc1c(OCCCC2CCN(CC(=O)Nc3ccc4c(C5CCC(=O)NC5=O)nn(C)c4c3)C(C)C2)cccc1-c1ccc(N2CCc3cccc(C(=O)Nc4nc5ccccc5s4)c3C2)nc1C(=O)O. The fourth-order valence-corrected chi connectivity index (χ4v) is 11.3. The van der Waals surface area contributed by atoms with Gasteiger partial charge in [0.2, 0.25) is 17.7 Å². The first-order valence-corrected chi connectivity index (χ1v) is 25.0. The smallest absolute Gasteiger partial charge is 0.355 e. The molecule has 4 N–H and O–H groups in total. The van der Waals surface area contributed by atoms with Crippen molar-refractivity contribution in [2.24, 2.45) is 13.0 Å². The molecule has 10 rings (SSSR count). The Kier molecular flexibility index (Phi) is 13.3. The molecule has 17 heteroatoms. The van der Waals surface area contributed by atoms with Gasteiger partial charge in [-0.15, -0.1) is 0 Å². The highest BCUT2D eigenvalue weighted by Crippen LogP contribution is 2.36. The number of carbonyl (C=O) groups excluding carboxylic acids is 4. The number of carboxylic acids is 1. The third-order valence-corrected chi connectivity index (χ3v) is 15.2. The number of pyridine rings is 1. The van der Waals surface area contributed by atoms with E-state index in [-0.39, 0.29) is 48.3 Å². The molecule has 71 heavy (non-hydrogen) atoms. The molecule has 3 aromatic heterocycles. The molecule has 3 aliphatic heterocycles. The number of anilines is 3. The lowest BCUT2D eigenvalue weighted by atomic mass is 9.88. The van der Waals surface area contributed by atoms with Crippen molar-refractivity contribution in [2.45, 2.75) is 77.3 Å². The van der Waals surface area contributed by atoms with Crippen LogP contribution in [-0.2, 0) is 34.4 Å². The number of aromatic carboxylic acids is 1. The third-order valence-electron chi connectivity index (χ3n) is 14.2. The number of piperidine rings is 2. The molecule has 364 valence electrons. The number of aromatic nitrogens is 4. The molecule has 16 nitrogen and oxygen atoms in total. The lowest BCUT2D eigenvalue weighted by Crippen LogP contribution is -2.44. The molecule has 0 saturated carbocycles. The van der Waals surface area contributed by atoms with Crippen LogP contribution < -0.4 is 25.6 Å². The van der Waals surface area contributed by atoms with Crippen molar-refractivity contribution in [3.63, 3.8) is 0 Å². The van der Waals surface area contributed by atoms with Crippen LogP contribution in [0.4, 0.5) is 16.6 Å². The van der Waals surface area contributed by atoms with E-state index >= 15 is 0 Å². The van der Waals surface area contributed by atoms with Gasteiger partial charge in [0.05, 0.1) is 40.5 Å². The summed E-state index contributed by atoms with van der Waals surface area (Å²) in [5.41, 5.74) is 7.42. The van der Waals surface area contributed by atoms with Gasteiger partial charge in [-0.25, -0.2) is 14.8 Å². The Balaban J connectivity index is 0.718. The fraction of sp³-hybridized carbons (Fsp3) is 0.333. The highest BCUT2D eigenvalue weighted by Gasteiger charge is 2.32. The van der Waals surface area contributed by atoms with Crippen LogP contribution in [0.15, 0.2) is 91.0 Å². The number of nitrogens with zero attached hydrogens (tertiary/aromatic N) is 6. The van der Waals surface area contributed by atoms with Gasteiger partial charge in [0.1, 0.15) is 11.6 Å². The first-order chi connectivity index (χ1) is 34.4. The number of amides is 4. The van der Waals surface area contributed by atoms with Crippen LogP contribution >= 0.6 is 11.3 Å². The molecule has 7 aromatic rings. The standard InChI is InChI=1S/C54H55N9O7S/c1-31-27-33(22-24-62(31)30-48(65)55-35-16-17-39-43(28-35)61(3)60-49(39)40-19-21-47(64)58-52(40)67)9-8-26-70-44-14-7-11-36(32(44)2)37-18-20-46(57-50(37)53(68)69)63-25-23-34-10-6-12-38(41(34)29-63)51(66)59-54-56-42-13-4-5-15-45(42)71-54/h4-7,10-18,20,28,31,33,40H,8-9,19,21-27,29-30H2,1-3H3,(H,55,65)(H,68,69)(H,56,59,66)(H,58,64,67). The maximum Gasteiger partial charge on any atom is 0.355 e. The second-order valence-corrected chi connectivity index (χ2v) is 19.9. The quantitative estimate of drug-likeness (QED) is 0.0599. The van der Waals surface area contributed by atoms with E-state index < -0.39 is 11.9 Å². The molecule has 0 aliphatic carbocycles. The lowest BCUT2D eigenvalue weighted by Gasteiger charge is -2.37. The van der Waals surface area contributed by atoms with E-state index in [4.69, 9.17) is 9.72 Å². The Hall–Kier alpha value is -7.50. The van der Waals surface area contributed by atoms with Gasteiger partial charge in [-0.3, -0.25) is 39.4 Å². The molecule has 4 aromatic carbocycles. The Morgan fingerprint density at radius 3 is 2.58 bits per heavy atom. The molecule has 6 heterocycles. The second kappa shape index (κ2) is 20.1. The molecule has 4 amide bonds. The molecule has 2 saturated heterocycles. The first kappa shape index (κ1) is 47.2. The number of hydrogen-bond acceptors (Lipinski definition) is 12. The number of carbonyl (C=O) groups is 5. The molecule has 3 aliphatic rings. The van der Waals surface area contributed by atoms with Gasteiger partial charge in [0, 0.05) is 54.8 Å². The van der Waals surface area contributed by atoms with E-state index in [1.165, 1.54) is 11.3 Å². The van der Waals surface area contributed by atoms with Crippen LogP contribution in [0.25, 0.3) is 32.2 Å². The van der Waals surface area contributed by atoms with Gasteiger partial charge >= 0.3 is 5.97 Å². The van der Waals surface area contributed by atoms with E-state index in [2.05, 4.69) is 37.9 Å². The number of likely N-dealkylation sites (tertiary alicyclic amines) is 1. The number of para-hydroxylation sites is 1. The zero-order valence-electron chi connectivity index (χ0n) is 39.9. The Bertz CT molecular complexity index is 3210. The monoisotopic (exact) mass is 973 g/mol. The topological polar surface area (TPSA) is 201 Å². The minimum absolute atomic E-state index is 0.0540. The summed E-state index contributed by atoms with van der Waals surface area (Å²) in [4.78, 5) is 77.5. The number of nitrogens with one attached hydrogen (secondary N) is 3. The summed E-state index contributed by atoms with van der Waals surface area (Å²) < 4.78 is 9.04. The molecule has 0 spiro atoms. The van der Waals surface area contributed by atoms with Crippen molar-refractivity contribution in [3.8, 4) is 16.9 Å². The molecule has 3 unspecified atom stereocenters. The zero-order chi connectivity index (χ0) is 49.3. The first-order valence-electron chi connectivity index (χ1n) is 24.2. The van der Waals surface area contributed by atoms with E-state index in [0.717, 1.165) is 75.6 Å². The number of thiazole rings is 1. The Labute approximate surface area is 414 Å². The molecule has 0 radical (unpaired) electrons. The fourth-order valence-electron chi connectivity index (χ4n) is 10.5. The molecule has 2 fully saturated rings. The van der Waals surface area contributed by atoms with Crippen LogP contribution in [0.1, 0.15) is 94.6 Å². The largest absolute Gasteiger partial charge is 0.493 e. The van der Waals surface area contributed by atoms with Gasteiger partial charge in [0.25, 0.3) is 5.91 Å². The van der Waals surface area contributed by atoms with E-state index in [1.807, 2.05) is 103 Å². The number of carboxylic acid groups (broad SMARTS) is 1. The summed E-state index contributed by atoms with van der Waals surface area (Å²) in [6.07, 6.45) is 5.14. The van der Waals surface area contributed by atoms with Crippen LogP contribution in [0.5, 0.6) is 5.75 Å². The summed E-state index contributed by atoms with van der Waals surface area (Å²) in [5.74, 6) is -0.850. The predicted octanol–water partition coefficient (Wildman–Crippen LogP) is 8.49. The number of hydrogen-bond donors (Lipinski definition) is 4. The Morgan fingerprint density at radius 2 is 1.76 bits per heavy atom. The number of aryl methyl sites for hydroxylation is 1. The van der Waals surface area contributed by atoms with Crippen molar-refractivity contribution >= 4 is 78.7 Å². The highest BCUT2D eigenvalue weighted by molar-refractivity contribution is 7.22. The van der Waals surface area contributed by atoms with Gasteiger partial charge in [0.15, 0.2) is 10.8 Å².